The van der Waals surface area contributed by atoms with E-state index >= 15 is 0 Å². The SMILES string of the molecule is CCCCc1nc(I)c(C=O)n1Cc1ccc2nc(-c3ccccc3-c3nn[nH]n3)oc2c1. The number of hydrogen-bond donors (Lipinski definition) is 1. The number of rotatable bonds is 8. The Kier molecular flexibility index (Phi) is 5.99. The lowest BCUT2D eigenvalue weighted by atomic mass is 10.1. The number of unbranched alkanes of at least 4 members (excludes halogenated alkanes) is 1. The summed E-state index contributed by atoms with van der Waals surface area (Å²) >= 11 is 2.12. The van der Waals surface area contributed by atoms with Gasteiger partial charge >= 0.3 is 0 Å². The Labute approximate surface area is 202 Å². The van der Waals surface area contributed by atoms with Crippen molar-refractivity contribution in [1.29, 1.82) is 0 Å². The van der Waals surface area contributed by atoms with Gasteiger partial charge in [0.2, 0.25) is 11.7 Å². The van der Waals surface area contributed by atoms with Crippen molar-refractivity contribution in [2.75, 3.05) is 0 Å². The summed E-state index contributed by atoms with van der Waals surface area (Å²) in [6, 6.07) is 13.5. The molecule has 5 aromatic rings. The molecule has 1 N–H and O–H groups in total. The van der Waals surface area contributed by atoms with E-state index in [9.17, 15) is 4.79 Å². The van der Waals surface area contributed by atoms with E-state index < -0.39 is 0 Å². The van der Waals surface area contributed by atoms with Crippen molar-refractivity contribution in [2.24, 2.45) is 0 Å². The van der Waals surface area contributed by atoms with Gasteiger partial charge in [0.25, 0.3) is 0 Å². The molecule has 0 atom stereocenters. The van der Waals surface area contributed by atoms with Crippen molar-refractivity contribution in [3.8, 4) is 22.8 Å². The Balaban J connectivity index is 1.51. The number of carbonyl (C=O) groups excluding carboxylic acids is 1. The molecule has 0 fully saturated rings. The summed E-state index contributed by atoms with van der Waals surface area (Å²) < 4.78 is 8.86. The van der Waals surface area contributed by atoms with Crippen LogP contribution in [-0.4, -0.2) is 41.4 Å². The zero-order valence-electron chi connectivity index (χ0n) is 17.8. The lowest BCUT2D eigenvalue weighted by Crippen LogP contribution is -2.09. The van der Waals surface area contributed by atoms with Gasteiger partial charge in [-0.25, -0.2) is 9.97 Å². The van der Waals surface area contributed by atoms with Gasteiger partial charge in [0.05, 0.1) is 0 Å². The van der Waals surface area contributed by atoms with Crippen LogP contribution < -0.4 is 0 Å². The van der Waals surface area contributed by atoms with Gasteiger partial charge in [-0.05, 0) is 58.0 Å². The molecule has 0 aliphatic rings. The fourth-order valence-electron chi connectivity index (χ4n) is 3.80. The van der Waals surface area contributed by atoms with Crippen LogP contribution in [-0.2, 0) is 13.0 Å². The normalized spacial score (nSPS) is 11.3. The van der Waals surface area contributed by atoms with E-state index in [0.29, 0.717) is 29.5 Å². The molecule has 0 radical (unpaired) electrons. The van der Waals surface area contributed by atoms with Gasteiger partial charge in [-0.2, -0.15) is 5.21 Å². The summed E-state index contributed by atoms with van der Waals surface area (Å²) in [5.74, 6) is 1.89. The van der Waals surface area contributed by atoms with Crippen molar-refractivity contribution in [3.63, 3.8) is 0 Å². The molecule has 33 heavy (non-hydrogen) atoms. The van der Waals surface area contributed by atoms with Gasteiger partial charge < -0.3 is 8.98 Å². The first-order valence-electron chi connectivity index (χ1n) is 10.6. The number of nitrogens with one attached hydrogen (secondary N) is 1. The van der Waals surface area contributed by atoms with Crippen LogP contribution in [0.1, 0.15) is 41.6 Å². The maximum Gasteiger partial charge on any atom is 0.228 e. The highest BCUT2D eigenvalue weighted by Gasteiger charge is 2.18. The number of hydrogen-bond acceptors (Lipinski definition) is 7. The van der Waals surface area contributed by atoms with Gasteiger partial charge in [0.1, 0.15) is 20.7 Å². The minimum absolute atomic E-state index is 0.476. The topological polar surface area (TPSA) is 115 Å². The standard InChI is InChI=1S/C23H20IN7O2/c1-2-3-8-20-26-21(24)18(13-32)31(20)12-14-9-10-17-19(11-14)33-23(25-17)16-7-5-4-6-15(16)22-27-29-30-28-22/h4-7,9-11,13H,2-3,8,12H2,1H3,(H,27,28,29,30). The Morgan fingerprint density at radius 3 is 2.76 bits per heavy atom. The number of tetrazole rings is 1. The molecule has 5 rings (SSSR count). The van der Waals surface area contributed by atoms with Gasteiger partial charge in [0, 0.05) is 24.1 Å². The third kappa shape index (κ3) is 4.17. The zero-order chi connectivity index (χ0) is 22.8. The van der Waals surface area contributed by atoms with E-state index in [1.807, 2.05) is 47.0 Å². The quantitative estimate of drug-likeness (QED) is 0.219. The second-order valence-corrected chi connectivity index (χ2v) is 8.64. The molecule has 0 aliphatic heterocycles. The summed E-state index contributed by atoms with van der Waals surface area (Å²) in [6.45, 7) is 2.68. The summed E-state index contributed by atoms with van der Waals surface area (Å²) in [4.78, 5) is 21.0. The molecule has 0 saturated carbocycles. The number of aldehydes is 1. The number of halogens is 1. The van der Waals surface area contributed by atoms with Gasteiger partial charge in [-0.3, -0.25) is 4.79 Å². The summed E-state index contributed by atoms with van der Waals surface area (Å²) in [5, 5.41) is 14.3. The van der Waals surface area contributed by atoms with E-state index in [-0.39, 0.29) is 0 Å². The zero-order valence-corrected chi connectivity index (χ0v) is 20.0. The number of oxazole rings is 1. The summed E-state index contributed by atoms with van der Waals surface area (Å²) in [6.07, 6.45) is 3.81. The molecule has 166 valence electrons. The van der Waals surface area contributed by atoms with E-state index in [1.54, 1.807) is 0 Å². The number of aryl methyl sites for hydroxylation is 1. The monoisotopic (exact) mass is 553 g/mol. The Morgan fingerprint density at radius 1 is 1.15 bits per heavy atom. The van der Waals surface area contributed by atoms with Crippen molar-refractivity contribution in [1.82, 2.24) is 35.2 Å². The van der Waals surface area contributed by atoms with Crippen LogP contribution in [0.2, 0.25) is 0 Å². The molecule has 0 bridgehead atoms. The average molecular weight is 553 g/mol. The molecule has 2 aromatic carbocycles. The molecule has 0 aliphatic carbocycles. The highest BCUT2D eigenvalue weighted by Crippen LogP contribution is 2.32. The largest absolute Gasteiger partial charge is 0.436 e. The third-order valence-corrected chi connectivity index (χ3v) is 6.24. The molecular formula is C23H20IN7O2. The number of benzene rings is 2. The first-order chi connectivity index (χ1) is 16.2. The van der Waals surface area contributed by atoms with Gasteiger partial charge in [-0.1, -0.05) is 37.6 Å². The summed E-state index contributed by atoms with van der Waals surface area (Å²) in [5.41, 5.74) is 4.59. The highest BCUT2D eigenvalue weighted by molar-refractivity contribution is 14.1. The molecule has 3 heterocycles. The van der Waals surface area contributed by atoms with E-state index in [1.165, 1.54) is 0 Å². The molecule has 3 aromatic heterocycles. The van der Waals surface area contributed by atoms with Crippen molar-refractivity contribution in [3.05, 3.63) is 63.2 Å². The van der Waals surface area contributed by atoms with Gasteiger partial charge in [-0.15, -0.1) is 10.2 Å². The maximum atomic E-state index is 11.7. The Bertz CT molecular complexity index is 1420. The van der Waals surface area contributed by atoms with Crippen LogP contribution >= 0.6 is 22.6 Å². The van der Waals surface area contributed by atoms with Gasteiger partial charge in [0.15, 0.2) is 11.9 Å². The molecular weight excluding hydrogens is 533 g/mol. The first-order valence-corrected chi connectivity index (χ1v) is 11.7. The second-order valence-electron chi connectivity index (χ2n) is 7.61. The lowest BCUT2D eigenvalue weighted by molar-refractivity contribution is 0.111. The van der Waals surface area contributed by atoms with Crippen LogP contribution in [0.5, 0.6) is 0 Å². The van der Waals surface area contributed by atoms with Crippen molar-refractivity contribution in [2.45, 2.75) is 32.7 Å². The number of aromatic nitrogens is 7. The fourth-order valence-corrected chi connectivity index (χ4v) is 4.50. The van der Waals surface area contributed by atoms with E-state index in [0.717, 1.165) is 57.3 Å². The van der Waals surface area contributed by atoms with Crippen LogP contribution in [0.25, 0.3) is 33.9 Å². The highest BCUT2D eigenvalue weighted by atomic mass is 127. The lowest BCUT2D eigenvalue weighted by Gasteiger charge is -2.09. The molecule has 0 unspecified atom stereocenters. The van der Waals surface area contributed by atoms with Crippen LogP contribution in [0.15, 0.2) is 46.9 Å². The van der Waals surface area contributed by atoms with Crippen molar-refractivity contribution < 1.29 is 9.21 Å². The summed E-state index contributed by atoms with van der Waals surface area (Å²) in [7, 11) is 0. The number of aromatic amines is 1. The second kappa shape index (κ2) is 9.22. The Morgan fingerprint density at radius 2 is 2.00 bits per heavy atom. The molecule has 0 amide bonds. The van der Waals surface area contributed by atoms with E-state index in [4.69, 9.17) is 4.42 Å². The molecule has 9 nitrogen and oxygen atoms in total. The first kappa shape index (κ1) is 21.4. The number of carbonyl (C=O) groups is 1. The third-order valence-electron chi connectivity index (χ3n) is 5.44. The number of nitrogens with zero attached hydrogens (tertiary/aromatic N) is 6. The number of imidazole rings is 1. The minimum atomic E-state index is 0.476. The smallest absolute Gasteiger partial charge is 0.228 e. The van der Waals surface area contributed by atoms with Crippen molar-refractivity contribution >= 4 is 40.0 Å². The predicted octanol–water partition coefficient (Wildman–Crippen LogP) is 4.68. The van der Waals surface area contributed by atoms with Crippen LogP contribution in [0.4, 0.5) is 0 Å². The molecule has 0 spiro atoms. The molecule has 0 saturated heterocycles. The number of H-pyrrole nitrogens is 1. The maximum absolute atomic E-state index is 11.7. The molecule has 10 heteroatoms. The van der Waals surface area contributed by atoms with Crippen LogP contribution in [0.3, 0.4) is 0 Å². The predicted molar refractivity (Wildman–Crippen MR) is 131 cm³/mol. The average Bonchev–Trinajstić information content (AvgIpc) is 3.57. The van der Waals surface area contributed by atoms with Crippen LogP contribution in [0, 0.1) is 3.70 Å². The fraction of sp³-hybridized carbons (Fsp3) is 0.217. The number of fused-ring (bicyclic) bond motifs is 1. The Hall–Kier alpha value is -3.41. The minimum Gasteiger partial charge on any atom is -0.436 e. The van der Waals surface area contributed by atoms with E-state index in [2.05, 4.69) is 60.1 Å².